The largest absolute Gasteiger partial charge is 0.337 e. The van der Waals surface area contributed by atoms with Crippen LogP contribution in [0.2, 0.25) is 5.02 Å². The van der Waals surface area contributed by atoms with E-state index >= 15 is 0 Å². The highest BCUT2D eigenvalue weighted by Gasteiger charge is 2.19. The Balaban J connectivity index is 1.90. The summed E-state index contributed by atoms with van der Waals surface area (Å²) in [6.45, 7) is 3.13. The second-order valence-electron chi connectivity index (χ2n) is 7.15. The molecule has 0 saturated heterocycles. The monoisotopic (exact) mass is 434 g/mol. The molecular weight excluding hydrogens is 416 g/mol. The summed E-state index contributed by atoms with van der Waals surface area (Å²) < 4.78 is 2.28. The van der Waals surface area contributed by atoms with Gasteiger partial charge in [-0.15, -0.1) is 0 Å². The van der Waals surface area contributed by atoms with E-state index in [0.717, 1.165) is 4.57 Å². The number of nitrogens with one attached hydrogen (secondary N) is 1. The number of aryl methyl sites for hydroxylation is 2. The molecule has 0 fully saturated rings. The van der Waals surface area contributed by atoms with Gasteiger partial charge >= 0.3 is 5.69 Å². The summed E-state index contributed by atoms with van der Waals surface area (Å²) in [4.78, 5) is 43.7. The van der Waals surface area contributed by atoms with Gasteiger partial charge in [-0.2, -0.15) is 0 Å². The molecule has 2 heterocycles. The lowest BCUT2D eigenvalue weighted by Gasteiger charge is -2.15. The lowest BCUT2D eigenvalue weighted by molar-refractivity contribution is -0.116. The molecule has 1 amide bonds. The first-order valence-corrected chi connectivity index (χ1v) is 9.98. The second kappa shape index (κ2) is 8.20. The Kier molecular flexibility index (Phi) is 5.44. The molecule has 4 aromatic rings. The van der Waals surface area contributed by atoms with Crippen LogP contribution in [-0.2, 0) is 11.3 Å². The SMILES string of the molecule is Cc1cc(C)c2c(=O)n(CC(=O)Nc3ccccc3Cl)c(=O)n(-c3ccccc3)c2n1. The number of fused-ring (bicyclic) bond motifs is 1. The zero-order valence-electron chi connectivity index (χ0n) is 16.9. The summed E-state index contributed by atoms with van der Waals surface area (Å²) >= 11 is 6.10. The molecule has 8 heteroatoms. The number of benzene rings is 2. The Morgan fingerprint density at radius 3 is 2.42 bits per heavy atom. The van der Waals surface area contributed by atoms with Crippen LogP contribution in [0.5, 0.6) is 0 Å². The van der Waals surface area contributed by atoms with Gasteiger partial charge in [0.1, 0.15) is 6.54 Å². The summed E-state index contributed by atoms with van der Waals surface area (Å²) in [5, 5.41) is 3.30. The van der Waals surface area contributed by atoms with Crippen molar-refractivity contribution in [3.05, 3.63) is 97.8 Å². The van der Waals surface area contributed by atoms with Crippen LogP contribution in [0, 0.1) is 13.8 Å². The number of hydrogen-bond acceptors (Lipinski definition) is 4. The number of aromatic nitrogens is 3. The van der Waals surface area contributed by atoms with Gasteiger partial charge < -0.3 is 5.32 Å². The first kappa shape index (κ1) is 20.6. The third-order valence-corrected chi connectivity index (χ3v) is 5.21. The van der Waals surface area contributed by atoms with E-state index < -0.39 is 23.7 Å². The number of halogens is 1. The second-order valence-corrected chi connectivity index (χ2v) is 7.56. The Morgan fingerprint density at radius 2 is 1.71 bits per heavy atom. The van der Waals surface area contributed by atoms with E-state index in [9.17, 15) is 14.4 Å². The van der Waals surface area contributed by atoms with Crippen molar-refractivity contribution in [2.45, 2.75) is 20.4 Å². The van der Waals surface area contributed by atoms with Crippen molar-refractivity contribution in [1.29, 1.82) is 0 Å². The van der Waals surface area contributed by atoms with Crippen molar-refractivity contribution < 1.29 is 4.79 Å². The summed E-state index contributed by atoms with van der Waals surface area (Å²) in [5.74, 6) is -0.538. The van der Waals surface area contributed by atoms with Crippen molar-refractivity contribution in [3.8, 4) is 5.69 Å². The molecule has 156 valence electrons. The highest BCUT2D eigenvalue weighted by atomic mass is 35.5. The fraction of sp³-hybridized carbons (Fsp3) is 0.130. The van der Waals surface area contributed by atoms with Crippen molar-refractivity contribution in [1.82, 2.24) is 14.1 Å². The van der Waals surface area contributed by atoms with Gasteiger partial charge in [0.25, 0.3) is 5.56 Å². The molecule has 0 unspecified atom stereocenters. The topological polar surface area (TPSA) is 86.0 Å². The van der Waals surface area contributed by atoms with Gasteiger partial charge in [-0.25, -0.2) is 18.9 Å². The molecule has 0 aliphatic heterocycles. The predicted molar refractivity (Wildman–Crippen MR) is 121 cm³/mol. The summed E-state index contributed by atoms with van der Waals surface area (Å²) in [5.41, 5.74) is 1.37. The van der Waals surface area contributed by atoms with E-state index in [0.29, 0.717) is 33.0 Å². The van der Waals surface area contributed by atoms with Gasteiger partial charge in [-0.3, -0.25) is 9.59 Å². The van der Waals surface area contributed by atoms with E-state index in [-0.39, 0.29) is 5.65 Å². The van der Waals surface area contributed by atoms with Gasteiger partial charge in [0, 0.05) is 5.69 Å². The predicted octanol–water partition coefficient (Wildman–Crippen LogP) is 3.46. The van der Waals surface area contributed by atoms with Gasteiger partial charge in [0.2, 0.25) is 5.91 Å². The van der Waals surface area contributed by atoms with E-state index in [1.54, 1.807) is 68.4 Å². The number of carbonyl (C=O) groups excluding carboxylic acids is 1. The lowest BCUT2D eigenvalue weighted by Crippen LogP contribution is -2.42. The molecule has 2 aromatic carbocycles. The zero-order valence-corrected chi connectivity index (χ0v) is 17.7. The average molecular weight is 435 g/mol. The van der Waals surface area contributed by atoms with Crippen molar-refractivity contribution in [2.75, 3.05) is 5.32 Å². The molecule has 0 saturated carbocycles. The minimum atomic E-state index is -0.643. The summed E-state index contributed by atoms with van der Waals surface area (Å²) in [6, 6.07) is 17.4. The molecule has 0 bridgehead atoms. The van der Waals surface area contributed by atoms with Crippen LogP contribution in [-0.4, -0.2) is 20.0 Å². The average Bonchev–Trinajstić information content (AvgIpc) is 2.73. The van der Waals surface area contributed by atoms with E-state index in [4.69, 9.17) is 11.6 Å². The number of pyridine rings is 1. The van der Waals surface area contributed by atoms with Crippen LogP contribution in [0.4, 0.5) is 5.69 Å². The first-order chi connectivity index (χ1) is 14.9. The molecule has 31 heavy (non-hydrogen) atoms. The molecule has 0 atom stereocenters. The van der Waals surface area contributed by atoms with Crippen LogP contribution in [0.3, 0.4) is 0 Å². The number of rotatable bonds is 4. The molecule has 4 rings (SSSR count). The Hall–Kier alpha value is -3.71. The van der Waals surface area contributed by atoms with Crippen LogP contribution in [0.1, 0.15) is 11.3 Å². The van der Waals surface area contributed by atoms with Gasteiger partial charge in [-0.05, 0) is 49.7 Å². The third kappa shape index (κ3) is 3.87. The third-order valence-electron chi connectivity index (χ3n) is 4.88. The molecule has 0 aliphatic carbocycles. The van der Waals surface area contributed by atoms with Crippen LogP contribution < -0.4 is 16.6 Å². The number of nitrogens with zero attached hydrogens (tertiary/aromatic N) is 3. The van der Waals surface area contributed by atoms with Crippen LogP contribution in [0.25, 0.3) is 16.7 Å². The molecule has 2 aromatic heterocycles. The van der Waals surface area contributed by atoms with Gasteiger partial charge in [0.15, 0.2) is 5.65 Å². The first-order valence-electron chi connectivity index (χ1n) is 9.60. The fourth-order valence-corrected chi connectivity index (χ4v) is 3.70. The minimum absolute atomic E-state index is 0.265. The van der Waals surface area contributed by atoms with E-state index in [1.165, 1.54) is 4.57 Å². The van der Waals surface area contributed by atoms with E-state index in [2.05, 4.69) is 10.3 Å². The summed E-state index contributed by atoms with van der Waals surface area (Å²) in [7, 11) is 0. The van der Waals surface area contributed by atoms with Gasteiger partial charge in [0.05, 0.1) is 21.8 Å². The number of hydrogen-bond donors (Lipinski definition) is 1. The maximum absolute atomic E-state index is 13.4. The van der Waals surface area contributed by atoms with Crippen molar-refractivity contribution >= 4 is 34.2 Å². The fourth-order valence-electron chi connectivity index (χ4n) is 3.52. The highest BCUT2D eigenvalue weighted by Crippen LogP contribution is 2.20. The standard InChI is InChI=1S/C23H19ClN4O3/c1-14-12-15(2)25-21-20(14)22(30)27(23(31)28(21)16-8-4-3-5-9-16)13-19(29)26-18-11-7-6-10-17(18)24/h3-12H,13H2,1-2H3,(H,26,29). The van der Waals surface area contributed by atoms with Crippen molar-refractivity contribution in [3.63, 3.8) is 0 Å². The maximum atomic E-state index is 13.4. The Morgan fingerprint density at radius 1 is 1.03 bits per heavy atom. The molecule has 0 spiro atoms. The molecule has 7 nitrogen and oxygen atoms in total. The van der Waals surface area contributed by atoms with Gasteiger partial charge in [-0.1, -0.05) is 41.9 Å². The number of para-hydroxylation sites is 2. The number of carbonyl (C=O) groups is 1. The highest BCUT2D eigenvalue weighted by molar-refractivity contribution is 6.33. The Labute approximate surface area is 182 Å². The zero-order chi connectivity index (χ0) is 22.1. The summed E-state index contributed by atoms with van der Waals surface area (Å²) in [6.07, 6.45) is 0. The smallest absolute Gasteiger partial charge is 0.323 e. The van der Waals surface area contributed by atoms with Crippen molar-refractivity contribution in [2.24, 2.45) is 0 Å². The lowest BCUT2D eigenvalue weighted by atomic mass is 10.1. The van der Waals surface area contributed by atoms with E-state index in [1.807, 2.05) is 6.07 Å². The quantitative estimate of drug-likeness (QED) is 0.533. The normalized spacial score (nSPS) is 10.9. The number of amides is 1. The molecule has 0 radical (unpaired) electrons. The maximum Gasteiger partial charge on any atom is 0.337 e. The molecule has 0 aliphatic rings. The van der Waals surface area contributed by atoms with Crippen LogP contribution >= 0.6 is 11.6 Å². The molecular formula is C23H19ClN4O3. The van der Waals surface area contributed by atoms with Crippen LogP contribution in [0.15, 0.2) is 70.3 Å². The Bertz CT molecular complexity index is 1420. The minimum Gasteiger partial charge on any atom is -0.323 e. The number of anilines is 1. The molecule has 1 N–H and O–H groups in total.